The van der Waals surface area contributed by atoms with Crippen LogP contribution in [0.2, 0.25) is 0 Å². The number of hydrogen-bond donors (Lipinski definition) is 1. The minimum absolute atomic E-state index is 0.107. The molecule has 0 radical (unpaired) electrons. The van der Waals surface area contributed by atoms with Crippen LogP contribution in [0.1, 0.15) is 41.2 Å². The molecule has 0 spiro atoms. The number of pyridine rings is 1. The van der Waals surface area contributed by atoms with Crippen molar-refractivity contribution < 1.29 is 4.79 Å². The number of imidazole rings is 1. The van der Waals surface area contributed by atoms with Gasteiger partial charge in [-0.2, -0.15) is 0 Å². The van der Waals surface area contributed by atoms with Crippen LogP contribution in [0.25, 0.3) is 5.65 Å². The van der Waals surface area contributed by atoms with Crippen LogP contribution < -0.4 is 5.32 Å². The minimum Gasteiger partial charge on any atom is -0.320 e. The zero-order chi connectivity index (χ0) is 16.4. The number of fused-ring (bicyclic) bond motifs is 1. The monoisotopic (exact) mass is 307 g/mol. The Balaban J connectivity index is 2.05. The molecule has 0 aliphatic rings. The summed E-state index contributed by atoms with van der Waals surface area (Å²) in [6, 6.07) is 11.9. The van der Waals surface area contributed by atoms with Crippen LogP contribution in [0, 0.1) is 6.92 Å². The van der Waals surface area contributed by atoms with Gasteiger partial charge in [-0.25, -0.2) is 4.98 Å². The maximum absolute atomic E-state index is 12.9. The van der Waals surface area contributed by atoms with Crippen LogP contribution in [-0.2, 0) is 12.8 Å². The first-order valence-corrected chi connectivity index (χ1v) is 8.01. The molecule has 3 aromatic rings. The van der Waals surface area contributed by atoms with Crippen LogP contribution in [0.4, 0.5) is 5.69 Å². The molecule has 1 N–H and O–H groups in total. The molecule has 23 heavy (non-hydrogen) atoms. The number of carbonyl (C=O) groups is 1. The van der Waals surface area contributed by atoms with Gasteiger partial charge >= 0.3 is 0 Å². The van der Waals surface area contributed by atoms with Crippen molar-refractivity contribution in [2.75, 3.05) is 5.32 Å². The number of rotatable bonds is 4. The highest BCUT2D eigenvalue weighted by Gasteiger charge is 2.19. The maximum Gasteiger partial charge on any atom is 0.274 e. The van der Waals surface area contributed by atoms with Crippen LogP contribution >= 0.6 is 0 Å². The van der Waals surface area contributed by atoms with E-state index in [1.165, 1.54) is 0 Å². The van der Waals surface area contributed by atoms with Crippen molar-refractivity contribution in [3.8, 4) is 0 Å². The maximum atomic E-state index is 12.9. The first-order valence-electron chi connectivity index (χ1n) is 8.01. The summed E-state index contributed by atoms with van der Waals surface area (Å²) in [6.45, 7) is 6.13. The number of amides is 1. The quantitative estimate of drug-likeness (QED) is 0.791. The molecule has 2 aromatic heterocycles. The van der Waals surface area contributed by atoms with Crippen molar-refractivity contribution >= 4 is 17.2 Å². The lowest BCUT2D eigenvalue weighted by Gasteiger charge is -2.13. The van der Waals surface area contributed by atoms with Gasteiger partial charge in [0.1, 0.15) is 11.3 Å². The van der Waals surface area contributed by atoms with Gasteiger partial charge in [-0.05, 0) is 43.0 Å². The van der Waals surface area contributed by atoms with Gasteiger partial charge in [-0.3, -0.25) is 9.20 Å². The van der Waals surface area contributed by atoms with Gasteiger partial charge in [0.25, 0.3) is 5.91 Å². The molecule has 0 fully saturated rings. The Morgan fingerprint density at radius 2 is 1.96 bits per heavy atom. The van der Waals surface area contributed by atoms with Crippen LogP contribution in [0.3, 0.4) is 0 Å². The van der Waals surface area contributed by atoms with Gasteiger partial charge < -0.3 is 5.32 Å². The first-order chi connectivity index (χ1) is 11.2. The normalized spacial score (nSPS) is 10.9. The number of para-hydroxylation sites is 1. The number of nitrogens with zero attached hydrogens (tertiary/aromatic N) is 2. The number of hydrogen-bond acceptors (Lipinski definition) is 2. The zero-order valence-corrected chi connectivity index (χ0v) is 13.8. The van der Waals surface area contributed by atoms with Gasteiger partial charge in [0.05, 0.1) is 5.69 Å². The Morgan fingerprint density at radius 3 is 2.70 bits per heavy atom. The molecule has 4 heteroatoms. The smallest absolute Gasteiger partial charge is 0.274 e. The van der Waals surface area contributed by atoms with E-state index < -0.39 is 0 Å². The summed E-state index contributed by atoms with van der Waals surface area (Å²) in [7, 11) is 0. The molecule has 1 aromatic carbocycles. The lowest BCUT2D eigenvalue weighted by Crippen LogP contribution is -2.18. The van der Waals surface area contributed by atoms with Crippen molar-refractivity contribution in [3.05, 3.63) is 65.1 Å². The van der Waals surface area contributed by atoms with Crippen molar-refractivity contribution in [2.24, 2.45) is 0 Å². The van der Waals surface area contributed by atoms with E-state index >= 15 is 0 Å². The molecule has 1 amide bonds. The Labute approximate surface area is 136 Å². The predicted molar refractivity (Wildman–Crippen MR) is 93.1 cm³/mol. The number of carbonyl (C=O) groups excluding carboxylic acids is 1. The Kier molecular flexibility index (Phi) is 4.15. The van der Waals surface area contributed by atoms with Crippen LogP contribution in [0.5, 0.6) is 0 Å². The number of benzene rings is 1. The van der Waals surface area contributed by atoms with Gasteiger partial charge in [0.2, 0.25) is 0 Å². The third kappa shape index (κ3) is 2.72. The molecule has 3 rings (SSSR count). The lowest BCUT2D eigenvalue weighted by atomic mass is 10.1. The molecule has 0 unspecified atom stereocenters. The lowest BCUT2D eigenvalue weighted by molar-refractivity contribution is 0.102. The standard InChI is InChI=1S/C19H21N3O/c1-4-14-10-8-9-13(3)17(14)21-19(23)18-15(5-2)20-16-11-6-7-12-22(16)18/h6-12H,4-5H2,1-3H3,(H,21,23). The second kappa shape index (κ2) is 6.24. The summed E-state index contributed by atoms with van der Waals surface area (Å²) < 4.78 is 1.86. The highest BCUT2D eigenvalue weighted by atomic mass is 16.2. The number of aryl methyl sites for hydroxylation is 3. The average molecular weight is 307 g/mol. The molecule has 0 aliphatic carbocycles. The summed E-state index contributed by atoms with van der Waals surface area (Å²) in [5.41, 5.74) is 5.37. The van der Waals surface area contributed by atoms with Crippen LogP contribution in [-0.4, -0.2) is 15.3 Å². The molecule has 0 saturated carbocycles. The second-order valence-electron chi connectivity index (χ2n) is 5.61. The highest BCUT2D eigenvalue weighted by molar-refractivity contribution is 6.05. The number of nitrogens with one attached hydrogen (secondary N) is 1. The fourth-order valence-electron chi connectivity index (χ4n) is 2.91. The van der Waals surface area contributed by atoms with Gasteiger partial charge in [0.15, 0.2) is 0 Å². The summed E-state index contributed by atoms with van der Waals surface area (Å²) in [5.74, 6) is -0.107. The molecule has 2 heterocycles. The summed E-state index contributed by atoms with van der Waals surface area (Å²) in [4.78, 5) is 17.5. The van der Waals surface area contributed by atoms with Gasteiger partial charge in [-0.15, -0.1) is 0 Å². The molecule has 0 atom stereocenters. The second-order valence-corrected chi connectivity index (χ2v) is 5.61. The molecule has 0 aliphatic heterocycles. The minimum atomic E-state index is -0.107. The summed E-state index contributed by atoms with van der Waals surface area (Å²) >= 11 is 0. The third-order valence-electron chi connectivity index (χ3n) is 4.13. The van der Waals surface area contributed by atoms with E-state index in [0.29, 0.717) is 5.69 Å². The van der Waals surface area contributed by atoms with Crippen molar-refractivity contribution in [3.63, 3.8) is 0 Å². The summed E-state index contributed by atoms with van der Waals surface area (Å²) in [5, 5.41) is 3.10. The predicted octanol–water partition coefficient (Wildman–Crippen LogP) is 4.02. The first kappa shape index (κ1) is 15.3. The van der Waals surface area contributed by atoms with E-state index in [9.17, 15) is 4.79 Å². The Morgan fingerprint density at radius 1 is 1.13 bits per heavy atom. The molecular formula is C19H21N3O. The van der Waals surface area contributed by atoms with E-state index in [2.05, 4.69) is 23.3 Å². The van der Waals surface area contributed by atoms with E-state index in [1.54, 1.807) is 0 Å². The topological polar surface area (TPSA) is 46.4 Å². The van der Waals surface area contributed by atoms with Gasteiger partial charge in [-0.1, -0.05) is 38.1 Å². The van der Waals surface area contributed by atoms with E-state index in [1.807, 2.05) is 54.8 Å². The fraction of sp³-hybridized carbons (Fsp3) is 0.263. The van der Waals surface area contributed by atoms with Gasteiger partial charge in [0, 0.05) is 11.9 Å². The Bertz CT molecular complexity index is 864. The molecular weight excluding hydrogens is 286 g/mol. The summed E-state index contributed by atoms with van der Waals surface area (Å²) in [6.07, 6.45) is 3.49. The fourth-order valence-corrected chi connectivity index (χ4v) is 2.91. The van der Waals surface area contributed by atoms with Crippen LogP contribution in [0.15, 0.2) is 42.6 Å². The molecule has 0 bridgehead atoms. The SMILES string of the molecule is CCc1cccc(C)c1NC(=O)c1c(CC)nc2ccccn12. The van der Waals surface area contributed by atoms with Crippen molar-refractivity contribution in [1.29, 1.82) is 0 Å². The molecule has 4 nitrogen and oxygen atoms in total. The molecule has 0 saturated heterocycles. The average Bonchev–Trinajstić information content (AvgIpc) is 2.95. The van der Waals surface area contributed by atoms with Crippen molar-refractivity contribution in [1.82, 2.24) is 9.38 Å². The largest absolute Gasteiger partial charge is 0.320 e. The van der Waals surface area contributed by atoms with Crippen molar-refractivity contribution in [2.45, 2.75) is 33.6 Å². The van der Waals surface area contributed by atoms with E-state index in [0.717, 1.165) is 41.0 Å². The third-order valence-corrected chi connectivity index (χ3v) is 4.13. The Hall–Kier alpha value is -2.62. The zero-order valence-electron chi connectivity index (χ0n) is 13.8. The number of aromatic nitrogens is 2. The van der Waals surface area contributed by atoms with E-state index in [-0.39, 0.29) is 5.91 Å². The highest BCUT2D eigenvalue weighted by Crippen LogP contribution is 2.23. The van der Waals surface area contributed by atoms with E-state index in [4.69, 9.17) is 0 Å². The molecule has 118 valence electrons. The number of anilines is 1.